The second-order valence-electron chi connectivity index (χ2n) is 5.10. The van der Waals surface area contributed by atoms with E-state index in [1.54, 1.807) is 0 Å². The molecular weight excluding hydrogens is 212 g/mol. The minimum absolute atomic E-state index is 0.220. The molecule has 1 fully saturated rings. The Balaban J connectivity index is 2.50. The molecule has 0 aromatic carbocycles. The Morgan fingerprint density at radius 2 is 2.06 bits per heavy atom. The highest BCUT2D eigenvalue weighted by atomic mass is 16.2. The van der Waals surface area contributed by atoms with Crippen molar-refractivity contribution in [3.63, 3.8) is 0 Å². The van der Waals surface area contributed by atoms with Gasteiger partial charge in [0, 0.05) is 19.6 Å². The van der Waals surface area contributed by atoms with E-state index in [1.807, 2.05) is 0 Å². The van der Waals surface area contributed by atoms with Gasteiger partial charge in [0.1, 0.15) is 0 Å². The first-order chi connectivity index (χ1) is 8.22. The van der Waals surface area contributed by atoms with E-state index in [2.05, 4.69) is 31.0 Å². The predicted octanol–water partition coefficient (Wildman–Crippen LogP) is 2.27. The molecule has 0 aliphatic carbocycles. The van der Waals surface area contributed by atoms with E-state index in [0.29, 0.717) is 11.8 Å². The second-order valence-corrected chi connectivity index (χ2v) is 5.10. The number of carbonyl (C=O) groups is 1. The Labute approximate surface area is 106 Å². The molecule has 0 saturated carbocycles. The van der Waals surface area contributed by atoms with Crippen molar-refractivity contribution >= 4 is 5.91 Å². The van der Waals surface area contributed by atoms with Gasteiger partial charge in [-0.05, 0) is 32.2 Å². The van der Waals surface area contributed by atoms with Crippen LogP contribution in [-0.4, -0.2) is 37.0 Å². The lowest BCUT2D eigenvalue weighted by Gasteiger charge is -2.31. The summed E-state index contributed by atoms with van der Waals surface area (Å²) in [5, 5.41) is 3.33. The monoisotopic (exact) mass is 240 g/mol. The Morgan fingerprint density at radius 1 is 1.35 bits per heavy atom. The topological polar surface area (TPSA) is 32.3 Å². The molecule has 1 aliphatic rings. The Kier molecular flexibility index (Phi) is 6.56. The average molecular weight is 240 g/mol. The molecule has 0 spiro atoms. The number of nitrogens with one attached hydrogen (secondary N) is 1. The molecule has 3 heteroatoms. The third kappa shape index (κ3) is 4.30. The molecule has 1 amide bonds. The third-order valence-electron chi connectivity index (χ3n) is 3.97. The summed E-state index contributed by atoms with van der Waals surface area (Å²) in [5.74, 6) is 1.25. The highest BCUT2D eigenvalue weighted by molar-refractivity contribution is 5.79. The van der Waals surface area contributed by atoms with Crippen LogP contribution in [0, 0.1) is 11.8 Å². The Morgan fingerprint density at radius 3 is 2.53 bits per heavy atom. The van der Waals surface area contributed by atoms with Gasteiger partial charge in [-0.1, -0.05) is 26.7 Å². The highest BCUT2D eigenvalue weighted by Gasteiger charge is 2.25. The van der Waals surface area contributed by atoms with Gasteiger partial charge < -0.3 is 10.2 Å². The van der Waals surface area contributed by atoms with Gasteiger partial charge in [0.15, 0.2) is 0 Å². The first kappa shape index (κ1) is 14.5. The number of nitrogens with zero attached hydrogens (tertiary/aromatic N) is 1. The molecule has 100 valence electrons. The van der Waals surface area contributed by atoms with E-state index in [1.165, 1.54) is 12.8 Å². The number of carbonyl (C=O) groups excluding carboxylic acids is 1. The van der Waals surface area contributed by atoms with Crippen LogP contribution in [0.4, 0.5) is 0 Å². The van der Waals surface area contributed by atoms with Crippen LogP contribution in [0.3, 0.4) is 0 Å². The van der Waals surface area contributed by atoms with Gasteiger partial charge in [0.05, 0.1) is 5.92 Å². The van der Waals surface area contributed by atoms with E-state index in [9.17, 15) is 4.79 Å². The number of hydrogen-bond donors (Lipinski definition) is 1. The van der Waals surface area contributed by atoms with E-state index in [0.717, 1.165) is 39.0 Å². The lowest BCUT2D eigenvalue weighted by molar-refractivity contribution is -0.136. The number of hydrogen-bond acceptors (Lipinski definition) is 2. The molecule has 17 heavy (non-hydrogen) atoms. The Bertz CT molecular complexity index is 220. The molecule has 0 aromatic rings. The van der Waals surface area contributed by atoms with E-state index in [4.69, 9.17) is 0 Å². The van der Waals surface area contributed by atoms with Crippen molar-refractivity contribution in [3.8, 4) is 0 Å². The smallest absolute Gasteiger partial charge is 0.226 e. The second kappa shape index (κ2) is 7.70. The Hall–Kier alpha value is -0.570. The van der Waals surface area contributed by atoms with Gasteiger partial charge in [0.2, 0.25) is 5.91 Å². The average Bonchev–Trinajstić information content (AvgIpc) is 2.40. The largest absolute Gasteiger partial charge is 0.342 e. The van der Waals surface area contributed by atoms with Crippen LogP contribution in [0.25, 0.3) is 0 Å². The summed E-state index contributed by atoms with van der Waals surface area (Å²) >= 11 is 0. The maximum Gasteiger partial charge on any atom is 0.226 e. The molecule has 0 unspecified atom stereocenters. The number of rotatable bonds is 6. The molecule has 1 atom stereocenters. The lowest BCUT2D eigenvalue weighted by Crippen LogP contribution is -2.44. The van der Waals surface area contributed by atoms with Crippen LogP contribution in [0.2, 0.25) is 0 Å². The van der Waals surface area contributed by atoms with Gasteiger partial charge >= 0.3 is 0 Å². The van der Waals surface area contributed by atoms with Gasteiger partial charge in [-0.3, -0.25) is 4.79 Å². The van der Waals surface area contributed by atoms with Crippen molar-refractivity contribution in [2.75, 3.05) is 26.2 Å². The maximum atomic E-state index is 12.4. The van der Waals surface area contributed by atoms with Crippen LogP contribution in [0.15, 0.2) is 0 Å². The standard InChI is InChI=1S/C14H28N2O/c1-4-12(5-2)11-16(6-3)14(17)13-8-7-9-15-10-13/h12-13,15H,4-11H2,1-3H3/t13-/m0/s1. The first-order valence-electron chi connectivity index (χ1n) is 7.22. The summed E-state index contributed by atoms with van der Waals surface area (Å²) in [6.07, 6.45) is 4.54. The zero-order valence-corrected chi connectivity index (χ0v) is 11.7. The molecular formula is C14H28N2O. The number of amides is 1. The fourth-order valence-electron chi connectivity index (χ4n) is 2.55. The third-order valence-corrected chi connectivity index (χ3v) is 3.97. The minimum atomic E-state index is 0.220. The van der Waals surface area contributed by atoms with Gasteiger partial charge in [0.25, 0.3) is 0 Å². The summed E-state index contributed by atoms with van der Waals surface area (Å²) < 4.78 is 0. The lowest BCUT2D eigenvalue weighted by atomic mass is 9.96. The van der Waals surface area contributed by atoms with Crippen molar-refractivity contribution in [1.82, 2.24) is 10.2 Å². The molecule has 3 nitrogen and oxygen atoms in total. The normalized spacial score (nSPS) is 20.6. The van der Waals surface area contributed by atoms with Crippen molar-refractivity contribution in [1.29, 1.82) is 0 Å². The fraction of sp³-hybridized carbons (Fsp3) is 0.929. The summed E-state index contributed by atoms with van der Waals surface area (Å²) in [6.45, 7) is 10.3. The quantitative estimate of drug-likeness (QED) is 0.772. The predicted molar refractivity (Wildman–Crippen MR) is 71.9 cm³/mol. The van der Waals surface area contributed by atoms with Gasteiger partial charge in [-0.15, -0.1) is 0 Å². The van der Waals surface area contributed by atoms with E-state index < -0.39 is 0 Å². The maximum absolute atomic E-state index is 12.4. The zero-order valence-electron chi connectivity index (χ0n) is 11.7. The van der Waals surface area contributed by atoms with Crippen LogP contribution in [-0.2, 0) is 4.79 Å². The van der Waals surface area contributed by atoms with Crippen LogP contribution < -0.4 is 5.32 Å². The van der Waals surface area contributed by atoms with Crippen molar-refractivity contribution in [3.05, 3.63) is 0 Å². The summed E-state index contributed by atoms with van der Waals surface area (Å²) in [4.78, 5) is 14.4. The molecule has 1 N–H and O–H groups in total. The highest BCUT2D eigenvalue weighted by Crippen LogP contribution is 2.16. The van der Waals surface area contributed by atoms with E-state index >= 15 is 0 Å². The van der Waals surface area contributed by atoms with E-state index in [-0.39, 0.29) is 5.92 Å². The first-order valence-corrected chi connectivity index (χ1v) is 7.22. The fourth-order valence-corrected chi connectivity index (χ4v) is 2.55. The summed E-state index contributed by atoms with van der Waals surface area (Å²) in [7, 11) is 0. The number of piperidine rings is 1. The molecule has 1 rings (SSSR count). The van der Waals surface area contributed by atoms with Crippen molar-refractivity contribution < 1.29 is 4.79 Å². The molecule has 0 bridgehead atoms. The van der Waals surface area contributed by atoms with Crippen LogP contribution in [0.5, 0.6) is 0 Å². The summed E-state index contributed by atoms with van der Waals surface area (Å²) in [6, 6.07) is 0. The van der Waals surface area contributed by atoms with Crippen molar-refractivity contribution in [2.45, 2.75) is 46.5 Å². The molecule has 1 aliphatic heterocycles. The van der Waals surface area contributed by atoms with Gasteiger partial charge in [-0.25, -0.2) is 0 Å². The SMILES string of the molecule is CCC(CC)CN(CC)C(=O)[C@H]1CCCNC1. The minimum Gasteiger partial charge on any atom is -0.342 e. The molecule has 0 radical (unpaired) electrons. The van der Waals surface area contributed by atoms with Crippen molar-refractivity contribution in [2.24, 2.45) is 11.8 Å². The zero-order chi connectivity index (χ0) is 12.7. The molecule has 0 aromatic heterocycles. The molecule has 1 saturated heterocycles. The van der Waals surface area contributed by atoms with Crippen LogP contribution >= 0.6 is 0 Å². The van der Waals surface area contributed by atoms with Gasteiger partial charge in [-0.2, -0.15) is 0 Å². The molecule has 1 heterocycles. The summed E-state index contributed by atoms with van der Waals surface area (Å²) in [5.41, 5.74) is 0. The van der Waals surface area contributed by atoms with Crippen LogP contribution in [0.1, 0.15) is 46.5 Å².